The monoisotopic (exact) mass is 231 g/mol. The van der Waals surface area contributed by atoms with Gasteiger partial charge in [0.1, 0.15) is 11.4 Å². The molecule has 2 amide bonds. The standard InChI is InChI=1S/C8H13N3O3S/c1-11-7(12)10-6(9)8(11)2-4-15(13,14)5-3-8/h2-5H2,1H3,(H2,9,10,12). The summed E-state index contributed by atoms with van der Waals surface area (Å²) in [6.07, 6.45) is 0.646. The number of nitrogens with zero attached hydrogens (tertiary/aromatic N) is 1. The minimum absolute atomic E-state index is 0.0503. The number of hydrogen-bond acceptors (Lipinski definition) is 4. The van der Waals surface area contributed by atoms with Gasteiger partial charge in [-0.2, -0.15) is 0 Å². The molecule has 0 bridgehead atoms. The maximum atomic E-state index is 11.3. The van der Waals surface area contributed by atoms with Crippen molar-refractivity contribution in [1.29, 1.82) is 5.41 Å². The number of nitrogens with one attached hydrogen (secondary N) is 2. The van der Waals surface area contributed by atoms with Gasteiger partial charge in [0.2, 0.25) is 0 Å². The van der Waals surface area contributed by atoms with Crippen LogP contribution in [-0.2, 0) is 9.84 Å². The average Bonchev–Trinajstić information content (AvgIpc) is 2.35. The Balaban J connectivity index is 2.30. The molecule has 0 saturated carbocycles. The van der Waals surface area contributed by atoms with Gasteiger partial charge in [0.15, 0.2) is 9.84 Å². The van der Waals surface area contributed by atoms with Gasteiger partial charge < -0.3 is 4.90 Å². The second kappa shape index (κ2) is 2.94. The first-order valence-electron chi connectivity index (χ1n) is 4.72. The maximum Gasteiger partial charge on any atom is 0.323 e. The Bertz CT molecular complexity index is 414. The minimum Gasteiger partial charge on any atom is -0.315 e. The summed E-state index contributed by atoms with van der Waals surface area (Å²) >= 11 is 0. The molecular weight excluding hydrogens is 218 g/mol. The topological polar surface area (TPSA) is 90.3 Å². The van der Waals surface area contributed by atoms with Crippen molar-refractivity contribution in [1.82, 2.24) is 10.2 Å². The molecular formula is C8H13N3O3S. The summed E-state index contributed by atoms with van der Waals surface area (Å²) in [5, 5.41) is 10.1. The number of likely N-dealkylation sites (N-methyl/N-ethyl adjacent to an activating group) is 1. The van der Waals surface area contributed by atoms with E-state index in [0.29, 0.717) is 12.8 Å². The third kappa shape index (κ3) is 1.41. The van der Waals surface area contributed by atoms with Crippen molar-refractivity contribution in [3.8, 4) is 0 Å². The van der Waals surface area contributed by atoms with Crippen LogP contribution in [0.5, 0.6) is 0 Å². The van der Waals surface area contributed by atoms with Crippen LogP contribution in [0.4, 0.5) is 4.79 Å². The third-order valence-corrected chi connectivity index (χ3v) is 4.95. The zero-order valence-electron chi connectivity index (χ0n) is 8.41. The second-order valence-corrected chi connectivity index (χ2v) is 6.35. The van der Waals surface area contributed by atoms with Crippen molar-refractivity contribution >= 4 is 21.7 Å². The van der Waals surface area contributed by atoms with E-state index in [-0.39, 0.29) is 23.4 Å². The van der Waals surface area contributed by atoms with Crippen LogP contribution in [0.15, 0.2) is 0 Å². The maximum absolute atomic E-state index is 11.3. The SMILES string of the molecule is CN1C(=O)NC(=N)C12CCS(=O)(=O)CC2. The molecule has 0 aromatic rings. The van der Waals surface area contributed by atoms with Gasteiger partial charge in [-0.1, -0.05) is 0 Å². The molecule has 0 aromatic heterocycles. The molecule has 1 spiro atoms. The fourth-order valence-corrected chi connectivity index (χ4v) is 3.63. The predicted molar refractivity (Wildman–Crippen MR) is 54.6 cm³/mol. The van der Waals surface area contributed by atoms with Gasteiger partial charge in [-0.25, -0.2) is 13.2 Å². The van der Waals surface area contributed by atoms with Crippen molar-refractivity contribution in [3.05, 3.63) is 0 Å². The molecule has 7 heteroatoms. The van der Waals surface area contributed by atoms with E-state index in [9.17, 15) is 13.2 Å². The lowest BCUT2D eigenvalue weighted by Gasteiger charge is -2.37. The molecule has 2 rings (SSSR count). The average molecular weight is 231 g/mol. The lowest BCUT2D eigenvalue weighted by Crippen LogP contribution is -2.52. The van der Waals surface area contributed by atoms with Crippen molar-refractivity contribution < 1.29 is 13.2 Å². The van der Waals surface area contributed by atoms with Crippen molar-refractivity contribution in [2.75, 3.05) is 18.6 Å². The van der Waals surface area contributed by atoms with Crippen molar-refractivity contribution in [2.45, 2.75) is 18.4 Å². The summed E-state index contributed by atoms with van der Waals surface area (Å²) in [4.78, 5) is 12.8. The van der Waals surface area contributed by atoms with Crippen LogP contribution in [0.25, 0.3) is 0 Å². The summed E-state index contributed by atoms with van der Waals surface area (Å²) in [5.74, 6) is 0.230. The molecule has 2 aliphatic rings. The summed E-state index contributed by atoms with van der Waals surface area (Å²) in [6, 6.07) is -0.320. The quantitative estimate of drug-likeness (QED) is 0.592. The number of amides is 2. The fraction of sp³-hybridized carbons (Fsp3) is 0.750. The largest absolute Gasteiger partial charge is 0.323 e. The van der Waals surface area contributed by atoms with Gasteiger partial charge in [-0.15, -0.1) is 0 Å². The van der Waals surface area contributed by atoms with E-state index < -0.39 is 15.4 Å². The Morgan fingerprint density at radius 1 is 1.40 bits per heavy atom. The van der Waals surface area contributed by atoms with E-state index >= 15 is 0 Å². The van der Waals surface area contributed by atoms with Crippen LogP contribution in [0.2, 0.25) is 0 Å². The number of urea groups is 1. The summed E-state index contributed by atoms with van der Waals surface area (Å²) in [6.45, 7) is 0. The molecule has 84 valence electrons. The van der Waals surface area contributed by atoms with E-state index in [4.69, 9.17) is 5.41 Å². The van der Waals surface area contributed by atoms with Gasteiger partial charge in [-0.3, -0.25) is 10.7 Å². The summed E-state index contributed by atoms with van der Waals surface area (Å²) in [5.41, 5.74) is -0.706. The minimum atomic E-state index is -2.97. The Kier molecular flexibility index (Phi) is 2.04. The molecule has 0 aromatic carbocycles. The third-order valence-electron chi connectivity index (χ3n) is 3.30. The Labute approximate surface area is 88.1 Å². The number of sulfone groups is 1. The summed E-state index contributed by atoms with van der Waals surface area (Å²) < 4.78 is 22.6. The number of rotatable bonds is 0. The van der Waals surface area contributed by atoms with Gasteiger partial charge in [0, 0.05) is 7.05 Å². The smallest absolute Gasteiger partial charge is 0.315 e. The second-order valence-electron chi connectivity index (χ2n) is 4.05. The van der Waals surface area contributed by atoms with Crippen LogP contribution in [0.1, 0.15) is 12.8 Å². The van der Waals surface area contributed by atoms with Crippen LogP contribution in [-0.4, -0.2) is 49.3 Å². The fourth-order valence-electron chi connectivity index (χ4n) is 2.13. The van der Waals surface area contributed by atoms with E-state index in [1.54, 1.807) is 7.05 Å². The molecule has 2 saturated heterocycles. The molecule has 0 unspecified atom stereocenters. The van der Waals surface area contributed by atoms with E-state index in [2.05, 4.69) is 5.32 Å². The first kappa shape index (κ1) is 10.4. The number of carbonyl (C=O) groups excluding carboxylic acids is 1. The first-order chi connectivity index (χ1) is 6.87. The number of hydrogen-bond donors (Lipinski definition) is 2. The number of carbonyl (C=O) groups is 1. The normalized spacial score (nSPS) is 28.2. The van der Waals surface area contributed by atoms with Crippen LogP contribution >= 0.6 is 0 Å². The van der Waals surface area contributed by atoms with Crippen molar-refractivity contribution in [3.63, 3.8) is 0 Å². The zero-order valence-corrected chi connectivity index (χ0v) is 9.23. The predicted octanol–water partition coefficient (Wildman–Crippen LogP) is -0.434. The number of amidine groups is 1. The first-order valence-corrected chi connectivity index (χ1v) is 6.54. The lowest BCUT2D eigenvalue weighted by molar-refractivity contribution is 0.185. The highest BCUT2D eigenvalue weighted by atomic mass is 32.2. The van der Waals surface area contributed by atoms with Gasteiger partial charge >= 0.3 is 6.03 Å². The molecule has 2 fully saturated rings. The van der Waals surface area contributed by atoms with E-state index in [1.807, 2.05) is 0 Å². The van der Waals surface area contributed by atoms with E-state index in [0.717, 1.165) is 0 Å². The Morgan fingerprint density at radius 3 is 2.33 bits per heavy atom. The van der Waals surface area contributed by atoms with Gasteiger partial charge in [0.25, 0.3) is 0 Å². The highest BCUT2D eigenvalue weighted by Crippen LogP contribution is 2.32. The van der Waals surface area contributed by atoms with Gasteiger partial charge in [-0.05, 0) is 12.8 Å². The molecule has 15 heavy (non-hydrogen) atoms. The Hall–Kier alpha value is -1.11. The molecule has 0 atom stereocenters. The highest BCUT2D eigenvalue weighted by molar-refractivity contribution is 7.91. The van der Waals surface area contributed by atoms with E-state index in [1.165, 1.54) is 4.90 Å². The Morgan fingerprint density at radius 2 is 1.93 bits per heavy atom. The lowest BCUT2D eigenvalue weighted by atomic mass is 9.91. The van der Waals surface area contributed by atoms with Crippen LogP contribution in [0.3, 0.4) is 0 Å². The molecule has 2 heterocycles. The summed E-state index contributed by atoms with van der Waals surface area (Å²) in [7, 11) is -1.37. The van der Waals surface area contributed by atoms with Crippen LogP contribution < -0.4 is 5.32 Å². The van der Waals surface area contributed by atoms with Crippen LogP contribution in [0, 0.1) is 5.41 Å². The zero-order chi connectivity index (χ0) is 11.3. The highest BCUT2D eigenvalue weighted by Gasteiger charge is 2.50. The van der Waals surface area contributed by atoms with Gasteiger partial charge in [0.05, 0.1) is 11.5 Å². The molecule has 6 nitrogen and oxygen atoms in total. The molecule has 0 radical (unpaired) electrons. The molecule has 2 N–H and O–H groups in total. The van der Waals surface area contributed by atoms with Crippen molar-refractivity contribution in [2.24, 2.45) is 0 Å². The molecule has 0 aliphatic carbocycles. The molecule has 2 aliphatic heterocycles.